The molecule has 1 N–H and O–H groups in total. The number of H-pyrrole nitrogens is 1. The van der Waals surface area contributed by atoms with E-state index in [0.717, 1.165) is 36.0 Å². The summed E-state index contributed by atoms with van der Waals surface area (Å²) in [4.78, 5) is 31.4. The first-order chi connectivity index (χ1) is 18.4. The van der Waals surface area contributed by atoms with E-state index < -0.39 is 5.76 Å². The van der Waals surface area contributed by atoms with Gasteiger partial charge in [0.1, 0.15) is 11.2 Å². The smallest absolute Gasteiger partial charge is 0.375 e. The first-order valence-electron chi connectivity index (χ1n) is 13.4. The Hall–Kier alpha value is -3.24. The van der Waals surface area contributed by atoms with Crippen LogP contribution in [0, 0.1) is 11.8 Å². The van der Waals surface area contributed by atoms with Crippen LogP contribution in [0.15, 0.2) is 33.6 Å². The normalized spacial score (nSPS) is 24.3. The van der Waals surface area contributed by atoms with Crippen molar-refractivity contribution < 1.29 is 9.26 Å². The number of nitrogens with zero attached hydrogens (tertiary/aromatic N) is 6. The van der Waals surface area contributed by atoms with E-state index in [1.165, 1.54) is 25.7 Å². The number of hydrogen-bond acceptors (Lipinski definition) is 8. The van der Waals surface area contributed by atoms with Crippen molar-refractivity contribution in [3.8, 4) is 22.9 Å². The molecular formula is C27H32ClN7O3. The molecule has 1 saturated carbocycles. The molecule has 0 bridgehead atoms. The number of ether oxygens (including phenoxy) is 1. The Morgan fingerprint density at radius 2 is 1.92 bits per heavy atom. The molecule has 2 fully saturated rings. The summed E-state index contributed by atoms with van der Waals surface area (Å²) < 4.78 is 13.0. The van der Waals surface area contributed by atoms with E-state index >= 15 is 0 Å². The van der Waals surface area contributed by atoms with Crippen molar-refractivity contribution in [2.45, 2.75) is 65.1 Å². The van der Waals surface area contributed by atoms with E-state index in [1.54, 1.807) is 0 Å². The Balaban J connectivity index is 1.58. The van der Waals surface area contributed by atoms with Crippen LogP contribution in [0.25, 0.3) is 34.1 Å². The number of rotatable bonds is 5. The monoisotopic (exact) mass is 537 g/mol. The number of hydrogen-bond donors (Lipinski definition) is 1. The second-order valence-electron chi connectivity index (χ2n) is 10.7. The maximum atomic E-state index is 11.7. The molecule has 2 atom stereocenters. The maximum Gasteiger partial charge on any atom is 0.439 e. The summed E-state index contributed by atoms with van der Waals surface area (Å²) in [5.74, 6) is 1.90. The lowest BCUT2D eigenvalue weighted by Crippen LogP contribution is -2.49. The van der Waals surface area contributed by atoms with Gasteiger partial charge < -0.3 is 14.2 Å². The van der Waals surface area contributed by atoms with Gasteiger partial charge in [-0.2, -0.15) is 4.98 Å². The molecule has 4 heterocycles. The highest BCUT2D eigenvalue weighted by molar-refractivity contribution is 6.30. The topological polar surface area (TPSA) is 115 Å². The van der Waals surface area contributed by atoms with Crippen molar-refractivity contribution in [2.75, 3.05) is 18.1 Å². The van der Waals surface area contributed by atoms with Gasteiger partial charge in [-0.05, 0) is 50.7 Å². The van der Waals surface area contributed by atoms with Gasteiger partial charge in [-0.3, -0.25) is 9.51 Å². The number of nitrogens with one attached hydrogen (secondary N) is 1. The van der Waals surface area contributed by atoms with Gasteiger partial charge in [-0.15, -0.1) is 0 Å². The van der Waals surface area contributed by atoms with Crippen molar-refractivity contribution in [2.24, 2.45) is 11.8 Å². The van der Waals surface area contributed by atoms with Gasteiger partial charge in [0, 0.05) is 23.7 Å². The van der Waals surface area contributed by atoms with Crippen LogP contribution in [0.1, 0.15) is 46.5 Å². The Kier molecular flexibility index (Phi) is 6.69. The number of aromatic amines is 1. The second-order valence-corrected chi connectivity index (χ2v) is 11.1. The van der Waals surface area contributed by atoms with Crippen molar-refractivity contribution in [1.82, 2.24) is 29.7 Å². The molecule has 38 heavy (non-hydrogen) atoms. The van der Waals surface area contributed by atoms with Crippen LogP contribution in [0.5, 0.6) is 0 Å². The molecule has 0 amide bonds. The van der Waals surface area contributed by atoms with Gasteiger partial charge in [0.2, 0.25) is 17.6 Å². The summed E-state index contributed by atoms with van der Waals surface area (Å²) in [7, 11) is 0. The third-order valence-electron chi connectivity index (χ3n) is 8.05. The fraction of sp³-hybridized carbons (Fsp3) is 0.519. The molecule has 1 aliphatic heterocycles. The van der Waals surface area contributed by atoms with Gasteiger partial charge in [-0.1, -0.05) is 48.7 Å². The first-order valence-corrected chi connectivity index (χ1v) is 13.7. The predicted molar refractivity (Wildman–Crippen MR) is 145 cm³/mol. The average molecular weight is 538 g/mol. The standard InChI is InChI=1S/C27H32ClN7O3/c1-15-7-9-18(10-8-15)14-35-22-21(19-5-4-6-20(28)13-19)29-24(25-32-27(36)38-33-25)30-23(22)31-26(35)34-11-12-37-17(3)16(34)2/h4-6,13,15-18H,7-12,14H2,1-3H3,(H,32,33,36)/t15?,16-,17-,18?/m0/s1. The summed E-state index contributed by atoms with van der Waals surface area (Å²) >= 11 is 6.41. The molecule has 1 saturated heterocycles. The fourth-order valence-electron chi connectivity index (χ4n) is 5.67. The Morgan fingerprint density at radius 1 is 1.11 bits per heavy atom. The van der Waals surface area contributed by atoms with Crippen molar-refractivity contribution >= 4 is 28.7 Å². The summed E-state index contributed by atoms with van der Waals surface area (Å²) in [5, 5.41) is 4.44. The van der Waals surface area contributed by atoms with Crippen LogP contribution in [0.4, 0.5) is 5.95 Å². The molecule has 0 unspecified atom stereocenters. The number of anilines is 1. The van der Waals surface area contributed by atoms with Gasteiger partial charge in [0.05, 0.1) is 18.8 Å². The maximum absolute atomic E-state index is 11.7. The number of imidazole rings is 1. The quantitative estimate of drug-likeness (QED) is 0.381. The molecule has 200 valence electrons. The van der Waals surface area contributed by atoms with Gasteiger partial charge >= 0.3 is 5.76 Å². The molecule has 0 radical (unpaired) electrons. The lowest BCUT2D eigenvalue weighted by molar-refractivity contribution is 0.0274. The molecule has 6 rings (SSSR count). The van der Waals surface area contributed by atoms with Crippen LogP contribution >= 0.6 is 11.6 Å². The lowest BCUT2D eigenvalue weighted by atomic mass is 9.83. The highest BCUT2D eigenvalue weighted by atomic mass is 35.5. The minimum atomic E-state index is -0.665. The average Bonchev–Trinajstić information content (AvgIpc) is 3.50. The van der Waals surface area contributed by atoms with E-state index in [4.69, 9.17) is 35.8 Å². The summed E-state index contributed by atoms with van der Waals surface area (Å²) in [6.45, 7) is 8.81. The zero-order valence-corrected chi connectivity index (χ0v) is 22.6. The number of fused-ring (bicyclic) bond motifs is 1. The minimum absolute atomic E-state index is 0.0711. The number of morpholine rings is 1. The van der Waals surface area contributed by atoms with E-state index in [2.05, 4.69) is 40.4 Å². The predicted octanol–water partition coefficient (Wildman–Crippen LogP) is 4.93. The number of halogens is 1. The molecule has 0 spiro atoms. The second kappa shape index (κ2) is 10.1. The zero-order chi connectivity index (χ0) is 26.4. The van der Waals surface area contributed by atoms with Crippen LogP contribution < -0.4 is 10.7 Å². The zero-order valence-electron chi connectivity index (χ0n) is 21.9. The van der Waals surface area contributed by atoms with Crippen molar-refractivity contribution in [3.63, 3.8) is 0 Å². The highest BCUT2D eigenvalue weighted by Gasteiger charge is 2.32. The SMILES string of the molecule is CC1CCC(Cn2c(N3CCO[C@@H](C)[C@@H]3C)nc3nc(-c4noc(=O)[nH]4)nc(-c4cccc(Cl)c4)c32)CC1. The first kappa shape index (κ1) is 25.1. The molecule has 1 aliphatic carbocycles. The highest BCUT2D eigenvalue weighted by Crippen LogP contribution is 2.37. The summed E-state index contributed by atoms with van der Waals surface area (Å²) in [6.07, 6.45) is 4.90. The van der Waals surface area contributed by atoms with Gasteiger partial charge in [-0.25, -0.2) is 14.8 Å². The molecule has 10 nitrogen and oxygen atoms in total. The lowest BCUT2D eigenvalue weighted by Gasteiger charge is -2.39. The molecule has 3 aromatic heterocycles. The molecule has 11 heteroatoms. The van der Waals surface area contributed by atoms with E-state index in [9.17, 15) is 4.79 Å². The third-order valence-corrected chi connectivity index (χ3v) is 8.29. The Bertz CT molecular complexity index is 1500. The van der Waals surface area contributed by atoms with Gasteiger partial charge in [0.25, 0.3) is 0 Å². The van der Waals surface area contributed by atoms with Gasteiger partial charge in [0.15, 0.2) is 5.65 Å². The van der Waals surface area contributed by atoms with Crippen molar-refractivity contribution in [3.05, 3.63) is 39.8 Å². The Morgan fingerprint density at radius 3 is 2.66 bits per heavy atom. The van der Waals surface area contributed by atoms with Crippen LogP contribution in [0.2, 0.25) is 5.02 Å². The molecule has 2 aliphatic rings. The van der Waals surface area contributed by atoms with E-state index in [0.29, 0.717) is 28.9 Å². The third kappa shape index (κ3) is 4.71. The summed E-state index contributed by atoms with van der Waals surface area (Å²) in [6, 6.07) is 7.74. The fourth-order valence-corrected chi connectivity index (χ4v) is 5.86. The molecule has 4 aromatic rings. The van der Waals surface area contributed by atoms with E-state index in [-0.39, 0.29) is 23.8 Å². The van der Waals surface area contributed by atoms with Crippen LogP contribution in [-0.4, -0.2) is 55.0 Å². The van der Waals surface area contributed by atoms with Crippen LogP contribution in [-0.2, 0) is 11.3 Å². The van der Waals surface area contributed by atoms with Crippen molar-refractivity contribution in [1.29, 1.82) is 0 Å². The molecule has 1 aromatic carbocycles. The number of aromatic nitrogens is 6. The largest absolute Gasteiger partial charge is 0.439 e. The summed E-state index contributed by atoms with van der Waals surface area (Å²) in [5.41, 5.74) is 2.92. The van der Waals surface area contributed by atoms with E-state index in [1.807, 2.05) is 24.3 Å². The minimum Gasteiger partial charge on any atom is -0.375 e. The number of benzene rings is 1. The molecular weight excluding hydrogens is 506 g/mol. The van der Waals surface area contributed by atoms with Crippen LogP contribution in [0.3, 0.4) is 0 Å². The Labute approximate surface area is 225 Å².